The molecule has 0 saturated carbocycles. The van der Waals surface area contributed by atoms with E-state index in [1.165, 1.54) is 0 Å². The number of nitrogens with zero attached hydrogens (tertiary/aromatic N) is 3. The highest BCUT2D eigenvalue weighted by Crippen LogP contribution is 2.35. The molecule has 1 N–H and O–H groups in total. The van der Waals surface area contributed by atoms with Gasteiger partial charge in [-0.1, -0.05) is 5.11 Å². The molecule has 23 nitrogen and oxygen atoms in total. The van der Waals surface area contributed by atoms with Crippen LogP contribution < -0.4 is 0 Å². The summed E-state index contributed by atoms with van der Waals surface area (Å²) in [5.74, 6) is -5.74. The first-order chi connectivity index (χ1) is 23.3. The third-order valence-corrected chi connectivity index (χ3v) is 6.82. The predicted octanol–water partition coefficient (Wildman–Crippen LogP) is -0.811. The van der Waals surface area contributed by atoms with Gasteiger partial charge in [-0.2, -0.15) is 8.42 Å². The maximum Gasteiger partial charge on any atom is 0.397 e. The molecule has 24 heteroatoms. The second-order valence-electron chi connectivity index (χ2n) is 10.4. The average Bonchev–Trinajstić information content (AvgIpc) is 2.97. The SMILES string of the molecule is CC(=O)OC[C@H]1O[C@@H](O[C@H]2[C@@H](OC(C)=O)[C@@H](OC(C)=O)[C@H](OCCN=[N+]=[N-])O[C@@H]2COC(C)=O)[C@H](OC(C)=O)[C@@H](OS(=O)(=O)O)[C@H]1OC(C)=O. The first-order valence-electron chi connectivity index (χ1n) is 14.5. The minimum absolute atomic E-state index is 0.224. The highest BCUT2D eigenvalue weighted by molar-refractivity contribution is 7.80. The number of rotatable bonds is 16. The van der Waals surface area contributed by atoms with Crippen molar-refractivity contribution in [3.63, 3.8) is 0 Å². The quantitative estimate of drug-likeness (QED) is 0.0384. The van der Waals surface area contributed by atoms with Crippen molar-refractivity contribution in [2.45, 2.75) is 103 Å². The van der Waals surface area contributed by atoms with Crippen molar-refractivity contribution in [1.82, 2.24) is 0 Å². The zero-order valence-electron chi connectivity index (χ0n) is 27.6. The van der Waals surface area contributed by atoms with Crippen molar-refractivity contribution in [2.75, 3.05) is 26.4 Å². The summed E-state index contributed by atoms with van der Waals surface area (Å²) in [5.41, 5.74) is 8.60. The Morgan fingerprint density at radius 1 is 0.660 bits per heavy atom. The first-order valence-corrected chi connectivity index (χ1v) is 15.9. The standard InChI is InChI=1S/C26H37N3O20S/c1-11(30)40-9-17-19(21(43-14(4)33)23(44-15(5)34)25(46-17)39-8-7-28-29-27)48-26-24(45-16(6)35)22(49-50(36,37)38)20(42-13(3)32)18(47-26)10-41-12(2)31/h17-26H,7-10H2,1-6H3,(H,36,37,38)/t17-,18-,19-,20+,21-,22+,23-,24-,25-,26+/m1/s1. The second-order valence-corrected chi connectivity index (χ2v) is 11.4. The Balaban J connectivity index is 2.75. The molecule has 2 aliphatic heterocycles. The molecule has 0 spiro atoms. The summed E-state index contributed by atoms with van der Waals surface area (Å²) in [6, 6.07) is 0. The van der Waals surface area contributed by atoms with E-state index in [9.17, 15) is 41.7 Å². The van der Waals surface area contributed by atoms with E-state index in [0.29, 0.717) is 0 Å². The molecule has 0 aromatic heterocycles. The molecule has 2 aliphatic rings. The molecule has 10 atom stereocenters. The van der Waals surface area contributed by atoms with Gasteiger partial charge in [0.2, 0.25) is 0 Å². The molecule has 2 fully saturated rings. The predicted molar refractivity (Wildman–Crippen MR) is 154 cm³/mol. The Labute approximate surface area is 284 Å². The molecule has 2 heterocycles. The maximum atomic E-state index is 12.4. The minimum Gasteiger partial charge on any atom is -0.463 e. The third-order valence-electron chi connectivity index (χ3n) is 6.35. The molecule has 0 aromatic rings. The zero-order chi connectivity index (χ0) is 37.8. The summed E-state index contributed by atoms with van der Waals surface area (Å²) in [7, 11) is -5.43. The van der Waals surface area contributed by atoms with Crippen LogP contribution in [0.25, 0.3) is 10.4 Å². The van der Waals surface area contributed by atoms with Crippen molar-refractivity contribution in [3.05, 3.63) is 10.4 Å². The summed E-state index contributed by atoms with van der Waals surface area (Å²) in [6.45, 7) is 3.88. The molecule has 0 aliphatic carbocycles. The molecular weight excluding hydrogens is 706 g/mol. The molecule has 0 radical (unpaired) electrons. The van der Waals surface area contributed by atoms with Gasteiger partial charge in [-0.3, -0.25) is 33.3 Å². The molecule has 50 heavy (non-hydrogen) atoms. The van der Waals surface area contributed by atoms with E-state index in [2.05, 4.69) is 10.0 Å². The summed E-state index contributed by atoms with van der Waals surface area (Å²) >= 11 is 0. The number of esters is 6. The number of azide groups is 1. The van der Waals surface area contributed by atoms with Gasteiger partial charge in [0.1, 0.15) is 31.5 Å². The fourth-order valence-corrected chi connectivity index (χ4v) is 5.28. The number of ether oxygens (including phenoxy) is 10. The van der Waals surface area contributed by atoms with Gasteiger partial charge in [0.05, 0.1) is 6.61 Å². The van der Waals surface area contributed by atoms with Crippen molar-refractivity contribution < 1.29 is 93.3 Å². The van der Waals surface area contributed by atoms with Gasteiger partial charge in [-0.25, -0.2) is 4.18 Å². The van der Waals surface area contributed by atoms with E-state index in [1.807, 2.05) is 0 Å². The van der Waals surface area contributed by atoms with Crippen LogP contribution in [0.15, 0.2) is 5.11 Å². The normalized spacial score (nSPS) is 29.3. The Morgan fingerprint density at radius 2 is 1.10 bits per heavy atom. The van der Waals surface area contributed by atoms with Crippen LogP contribution in [-0.2, 0) is 90.7 Å². The summed E-state index contributed by atoms with van der Waals surface area (Å²) in [4.78, 5) is 74.9. The van der Waals surface area contributed by atoms with Gasteiger partial charge in [0.25, 0.3) is 0 Å². The zero-order valence-corrected chi connectivity index (χ0v) is 28.4. The topological polar surface area (TPSA) is 307 Å². The van der Waals surface area contributed by atoms with Gasteiger partial charge in [0.15, 0.2) is 43.1 Å². The highest BCUT2D eigenvalue weighted by Gasteiger charge is 2.57. The van der Waals surface area contributed by atoms with E-state index < -0.39 is 121 Å². The largest absolute Gasteiger partial charge is 0.463 e. The second kappa shape index (κ2) is 19.3. The summed E-state index contributed by atoms with van der Waals surface area (Å²) in [6.07, 6.45) is -18.0. The van der Waals surface area contributed by atoms with Crippen LogP contribution in [0.1, 0.15) is 41.5 Å². The van der Waals surface area contributed by atoms with Gasteiger partial charge < -0.3 is 47.4 Å². The minimum atomic E-state index is -5.43. The van der Waals surface area contributed by atoms with Crippen molar-refractivity contribution in [3.8, 4) is 0 Å². The Hall–Kier alpha value is -4.16. The van der Waals surface area contributed by atoms with Crippen molar-refractivity contribution >= 4 is 46.2 Å². The summed E-state index contributed by atoms with van der Waals surface area (Å²) < 4.78 is 93.2. The summed E-state index contributed by atoms with van der Waals surface area (Å²) in [5, 5.41) is 3.32. The number of carbonyl (C=O) groups excluding carboxylic acids is 6. The Kier molecular flexibility index (Phi) is 16.2. The molecule has 2 rings (SSSR count). The number of hydrogen-bond acceptors (Lipinski definition) is 20. The van der Waals surface area contributed by atoms with Crippen LogP contribution in [0.3, 0.4) is 0 Å². The van der Waals surface area contributed by atoms with E-state index in [1.54, 1.807) is 0 Å². The highest BCUT2D eigenvalue weighted by atomic mass is 32.3. The molecular formula is C26H37N3O20S. The fraction of sp³-hybridized carbons (Fsp3) is 0.769. The molecule has 0 bridgehead atoms. The van der Waals surface area contributed by atoms with Gasteiger partial charge in [-0.15, -0.1) is 0 Å². The van der Waals surface area contributed by atoms with Gasteiger partial charge in [0, 0.05) is 53.0 Å². The van der Waals surface area contributed by atoms with Crippen LogP contribution in [0.2, 0.25) is 0 Å². The Morgan fingerprint density at radius 3 is 1.56 bits per heavy atom. The monoisotopic (exact) mass is 743 g/mol. The Bertz CT molecular complexity index is 1400. The lowest BCUT2D eigenvalue weighted by Gasteiger charge is -2.48. The number of hydrogen-bond donors (Lipinski definition) is 1. The lowest BCUT2D eigenvalue weighted by Crippen LogP contribution is -2.67. The molecule has 2 saturated heterocycles. The van der Waals surface area contributed by atoms with E-state index in [4.69, 9.17) is 57.1 Å². The molecule has 0 aromatic carbocycles. The van der Waals surface area contributed by atoms with Crippen LogP contribution >= 0.6 is 0 Å². The van der Waals surface area contributed by atoms with Gasteiger partial charge in [-0.05, 0) is 5.53 Å². The van der Waals surface area contributed by atoms with Gasteiger partial charge >= 0.3 is 46.2 Å². The molecule has 0 amide bonds. The fourth-order valence-electron chi connectivity index (χ4n) is 4.79. The van der Waals surface area contributed by atoms with Crippen LogP contribution in [0.5, 0.6) is 0 Å². The van der Waals surface area contributed by atoms with E-state index >= 15 is 0 Å². The van der Waals surface area contributed by atoms with Crippen molar-refractivity contribution in [1.29, 1.82) is 0 Å². The molecule has 0 unspecified atom stereocenters. The first kappa shape index (κ1) is 42.0. The maximum absolute atomic E-state index is 12.4. The van der Waals surface area contributed by atoms with E-state index in [-0.39, 0.29) is 13.2 Å². The van der Waals surface area contributed by atoms with Crippen LogP contribution in [-0.4, -0.2) is 137 Å². The third kappa shape index (κ3) is 13.6. The lowest BCUT2D eigenvalue weighted by molar-refractivity contribution is -0.359. The van der Waals surface area contributed by atoms with Crippen LogP contribution in [0, 0.1) is 0 Å². The lowest BCUT2D eigenvalue weighted by atomic mass is 9.96. The van der Waals surface area contributed by atoms with E-state index in [0.717, 1.165) is 41.5 Å². The van der Waals surface area contributed by atoms with Crippen molar-refractivity contribution in [2.24, 2.45) is 5.11 Å². The average molecular weight is 744 g/mol. The number of carbonyl (C=O) groups is 6. The van der Waals surface area contributed by atoms with Crippen LogP contribution in [0.4, 0.5) is 0 Å². The smallest absolute Gasteiger partial charge is 0.397 e. The molecule has 282 valence electrons.